The van der Waals surface area contributed by atoms with Crippen molar-refractivity contribution in [2.24, 2.45) is 5.92 Å². The fourth-order valence-corrected chi connectivity index (χ4v) is 9.46. The number of rotatable bonds is 7. The highest BCUT2D eigenvalue weighted by molar-refractivity contribution is 6.99. The highest BCUT2D eigenvalue weighted by atomic mass is 28.4. The molecule has 3 nitrogen and oxygen atoms in total. The van der Waals surface area contributed by atoms with Gasteiger partial charge in [0.05, 0.1) is 12.5 Å². The molecule has 1 aliphatic heterocycles. The van der Waals surface area contributed by atoms with Crippen molar-refractivity contribution in [3.05, 3.63) is 96.6 Å². The first kappa shape index (κ1) is 22.5. The summed E-state index contributed by atoms with van der Waals surface area (Å²) in [6.45, 7) is 7.21. The minimum Gasteiger partial charge on any atom is -0.460 e. The van der Waals surface area contributed by atoms with Gasteiger partial charge in [0.15, 0.2) is 0 Å². The highest BCUT2D eigenvalue weighted by Crippen LogP contribution is 2.37. The Hall–Kier alpha value is -2.69. The number of benzene rings is 3. The summed E-state index contributed by atoms with van der Waals surface area (Å²) in [6, 6.07) is 31.3. The van der Waals surface area contributed by atoms with E-state index in [9.17, 15) is 4.79 Å². The molecule has 166 valence electrons. The first-order chi connectivity index (χ1) is 15.4. The standard InChI is InChI=1S/C28H32O3Si/c1-28(2,3)32(25-15-9-5-10-16-25,26-17-11-6-12-18-26)30-21-24-20-23(27(29)31-24)19-22-13-7-4-8-14-22/h4-18,23-24H,19-21H2,1-3H3. The molecule has 0 bridgehead atoms. The SMILES string of the molecule is CC(C)(C)[Si](OCC1CC(Cc2ccccc2)C(=O)O1)(c1ccccc1)c1ccccc1. The van der Waals surface area contributed by atoms with Crippen LogP contribution in [0.1, 0.15) is 32.8 Å². The lowest BCUT2D eigenvalue weighted by Gasteiger charge is -2.43. The van der Waals surface area contributed by atoms with Gasteiger partial charge >= 0.3 is 5.97 Å². The van der Waals surface area contributed by atoms with Crippen LogP contribution >= 0.6 is 0 Å². The molecule has 3 aromatic rings. The summed E-state index contributed by atoms with van der Waals surface area (Å²) in [6.07, 6.45) is 1.21. The molecule has 0 amide bonds. The van der Waals surface area contributed by atoms with Crippen LogP contribution in [0.15, 0.2) is 91.0 Å². The summed E-state index contributed by atoms with van der Waals surface area (Å²) in [4.78, 5) is 12.6. The number of hydrogen-bond donors (Lipinski definition) is 0. The van der Waals surface area contributed by atoms with E-state index >= 15 is 0 Å². The number of cyclic esters (lactones) is 1. The van der Waals surface area contributed by atoms with E-state index in [1.807, 2.05) is 30.3 Å². The van der Waals surface area contributed by atoms with Gasteiger partial charge in [0.25, 0.3) is 8.32 Å². The average molecular weight is 445 g/mol. The minimum absolute atomic E-state index is 0.0955. The van der Waals surface area contributed by atoms with Crippen LogP contribution < -0.4 is 10.4 Å². The molecule has 0 saturated carbocycles. The topological polar surface area (TPSA) is 35.5 Å². The number of carbonyl (C=O) groups is 1. The second-order valence-corrected chi connectivity index (χ2v) is 14.0. The molecule has 0 aliphatic carbocycles. The summed E-state index contributed by atoms with van der Waals surface area (Å²) in [5, 5.41) is 2.38. The Morgan fingerprint density at radius 1 is 0.844 bits per heavy atom. The van der Waals surface area contributed by atoms with E-state index in [1.54, 1.807) is 0 Å². The second-order valence-electron chi connectivity index (χ2n) is 9.66. The molecule has 2 unspecified atom stereocenters. The lowest BCUT2D eigenvalue weighted by molar-refractivity contribution is -0.145. The molecule has 1 heterocycles. The second kappa shape index (κ2) is 9.43. The zero-order chi connectivity index (χ0) is 22.6. The molecule has 0 aromatic heterocycles. The van der Waals surface area contributed by atoms with Gasteiger partial charge in [0.2, 0.25) is 0 Å². The number of esters is 1. The number of ether oxygens (including phenoxy) is 1. The zero-order valence-corrected chi connectivity index (χ0v) is 20.2. The highest BCUT2D eigenvalue weighted by Gasteiger charge is 2.51. The van der Waals surface area contributed by atoms with Crippen LogP contribution in [0.5, 0.6) is 0 Å². The van der Waals surface area contributed by atoms with Crippen molar-refractivity contribution in [3.8, 4) is 0 Å². The van der Waals surface area contributed by atoms with Crippen molar-refractivity contribution in [1.29, 1.82) is 0 Å². The Morgan fingerprint density at radius 2 is 1.34 bits per heavy atom. The number of carbonyl (C=O) groups excluding carboxylic acids is 1. The van der Waals surface area contributed by atoms with Gasteiger partial charge in [-0.2, -0.15) is 0 Å². The minimum atomic E-state index is -2.63. The van der Waals surface area contributed by atoms with E-state index in [0.717, 1.165) is 6.42 Å². The first-order valence-corrected chi connectivity index (χ1v) is 13.3. The first-order valence-electron chi connectivity index (χ1n) is 11.4. The van der Waals surface area contributed by atoms with Crippen molar-refractivity contribution in [2.75, 3.05) is 6.61 Å². The molecule has 32 heavy (non-hydrogen) atoms. The third-order valence-electron chi connectivity index (χ3n) is 6.39. The Bertz CT molecular complexity index is 973. The van der Waals surface area contributed by atoms with E-state index in [-0.39, 0.29) is 23.0 Å². The van der Waals surface area contributed by atoms with Crippen LogP contribution in [0.2, 0.25) is 5.04 Å². The van der Waals surface area contributed by atoms with Crippen molar-refractivity contribution in [2.45, 2.75) is 44.8 Å². The largest absolute Gasteiger partial charge is 0.460 e. The lowest BCUT2D eigenvalue weighted by atomic mass is 9.96. The molecule has 4 heteroatoms. The maximum absolute atomic E-state index is 12.6. The molecule has 1 aliphatic rings. The van der Waals surface area contributed by atoms with E-state index < -0.39 is 8.32 Å². The van der Waals surface area contributed by atoms with Crippen LogP contribution in [0.25, 0.3) is 0 Å². The fraction of sp³-hybridized carbons (Fsp3) is 0.321. The monoisotopic (exact) mass is 444 g/mol. The molecular formula is C28H32O3Si. The third kappa shape index (κ3) is 4.57. The zero-order valence-electron chi connectivity index (χ0n) is 19.2. The lowest BCUT2D eigenvalue weighted by Crippen LogP contribution is -2.67. The average Bonchev–Trinajstić information content (AvgIpc) is 3.14. The number of hydrogen-bond acceptors (Lipinski definition) is 3. The Labute approximate surface area is 192 Å². The van der Waals surface area contributed by atoms with Crippen LogP contribution in [0, 0.1) is 5.92 Å². The van der Waals surface area contributed by atoms with Crippen LogP contribution in [0.3, 0.4) is 0 Å². The molecule has 0 spiro atoms. The van der Waals surface area contributed by atoms with Gasteiger partial charge in [-0.1, -0.05) is 112 Å². The molecule has 3 aromatic carbocycles. The summed E-state index contributed by atoms with van der Waals surface area (Å²) in [5.74, 6) is -0.213. The smallest absolute Gasteiger partial charge is 0.309 e. The van der Waals surface area contributed by atoms with Crippen LogP contribution in [-0.2, 0) is 20.4 Å². The molecule has 1 saturated heterocycles. The van der Waals surface area contributed by atoms with E-state index in [4.69, 9.17) is 9.16 Å². The Balaban J connectivity index is 1.58. The molecule has 0 radical (unpaired) electrons. The van der Waals surface area contributed by atoms with E-state index in [1.165, 1.54) is 15.9 Å². The van der Waals surface area contributed by atoms with Gasteiger partial charge in [0.1, 0.15) is 6.10 Å². The fourth-order valence-electron chi connectivity index (χ4n) is 4.87. The summed E-state index contributed by atoms with van der Waals surface area (Å²) in [5.41, 5.74) is 1.17. The predicted molar refractivity (Wildman–Crippen MR) is 132 cm³/mol. The van der Waals surface area contributed by atoms with Gasteiger partial charge < -0.3 is 9.16 Å². The maximum Gasteiger partial charge on any atom is 0.309 e. The summed E-state index contributed by atoms with van der Waals surface area (Å²) in [7, 11) is -2.63. The van der Waals surface area contributed by atoms with Crippen LogP contribution in [0.4, 0.5) is 0 Å². The van der Waals surface area contributed by atoms with Gasteiger partial charge in [-0.15, -0.1) is 0 Å². The summed E-state index contributed by atoms with van der Waals surface area (Å²) >= 11 is 0. The van der Waals surface area contributed by atoms with Gasteiger partial charge in [-0.25, -0.2) is 0 Å². The van der Waals surface area contributed by atoms with Gasteiger partial charge in [-0.05, 0) is 27.4 Å². The quantitative estimate of drug-likeness (QED) is 0.390. The normalized spacial score (nSPS) is 19.0. The Morgan fingerprint density at radius 3 is 1.84 bits per heavy atom. The third-order valence-corrected chi connectivity index (χ3v) is 11.4. The molecule has 1 fully saturated rings. The van der Waals surface area contributed by atoms with Crippen molar-refractivity contribution >= 4 is 24.7 Å². The Kier molecular flexibility index (Phi) is 6.63. The van der Waals surface area contributed by atoms with Crippen molar-refractivity contribution in [3.63, 3.8) is 0 Å². The van der Waals surface area contributed by atoms with Crippen molar-refractivity contribution < 1.29 is 14.0 Å². The van der Waals surface area contributed by atoms with E-state index in [0.29, 0.717) is 13.0 Å². The molecule has 2 atom stereocenters. The van der Waals surface area contributed by atoms with Gasteiger partial charge in [-0.3, -0.25) is 4.79 Å². The van der Waals surface area contributed by atoms with Crippen molar-refractivity contribution in [1.82, 2.24) is 0 Å². The summed E-state index contributed by atoms with van der Waals surface area (Å²) < 4.78 is 12.7. The molecular weight excluding hydrogens is 412 g/mol. The predicted octanol–water partition coefficient (Wildman–Crippen LogP) is 4.74. The molecule has 0 N–H and O–H groups in total. The maximum atomic E-state index is 12.6. The van der Waals surface area contributed by atoms with Crippen LogP contribution in [-0.4, -0.2) is 27.0 Å². The van der Waals surface area contributed by atoms with E-state index in [2.05, 4.69) is 81.4 Å². The molecule has 4 rings (SSSR count). The van der Waals surface area contributed by atoms with Gasteiger partial charge in [0, 0.05) is 6.42 Å².